The smallest absolute Gasteiger partial charge is 0.240 e. The second-order valence-corrected chi connectivity index (χ2v) is 6.39. The monoisotopic (exact) mass is 203 g/mol. The van der Waals surface area contributed by atoms with Crippen LogP contribution in [0.4, 0.5) is 0 Å². The Kier molecular flexibility index (Phi) is 1.71. The van der Waals surface area contributed by atoms with Gasteiger partial charge in [-0.2, -0.15) is 0 Å². The minimum atomic E-state index is -3.39. The Morgan fingerprint density at radius 1 is 1.38 bits per heavy atom. The summed E-state index contributed by atoms with van der Waals surface area (Å²) in [6, 6.07) is 0. The van der Waals surface area contributed by atoms with Gasteiger partial charge in [-0.15, -0.1) is 0 Å². The zero-order valence-corrected chi connectivity index (χ0v) is 8.36. The Morgan fingerprint density at radius 3 is 2.31 bits per heavy atom. The van der Waals surface area contributed by atoms with E-state index in [4.69, 9.17) is 0 Å². The van der Waals surface area contributed by atoms with E-state index in [0.717, 1.165) is 12.8 Å². The fourth-order valence-electron chi connectivity index (χ4n) is 1.13. The van der Waals surface area contributed by atoms with Crippen molar-refractivity contribution in [1.29, 1.82) is 0 Å². The number of nitrogens with one attached hydrogen (secondary N) is 1. The summed E-state index contributed by atoms with van der Waals surface area (Å²) in [5.41, 5.74) is 0. The van der Waals surface area contributed by atoms with Crippen molar-refractivity contribution in [3.63, 3.8) is 0 Å². The lowest BCUT2D eigenvalue weighted by atomic mass is 10.4. The van der Waals surface area contributed by atoms with E-state index in [1.165, 1.54) is 0 Å². The molecule has 1 N–H and O–H groups in total. The molecular formula is C8H13NO3S. The van der Waals surface area contributed by atoms with Gasteiger partial charge < -0.3 is 0 Å². The molecule has 0 saturated heterocycles. The molecule has 0 aliphatic heterocycles. The number of amides is 1. The molecule has 0 aromatic rings. The molecule has 1 amide bonds. The molecule has 0 heterocycles. The normalized spacial score (nSPS) is 25.3. The Balaban J connectivity index is 2.04. The van der Waals surface area contributed by atoms with Gasteiger partial charge in [0.05, 0.1) is 4.75 Å². The molecule has 0 radical (unpaired) electrons. The molecule has 0 aromatic carbocycles. The molecular weight excluding hydrogens is 190 g/mol. The molecule has 0 unspecified atom stereocenters. The highest BCUT2D eigenvalue weighted by molar-refractivity contribution is 7.91. The number of hydrogen-bond acceptors (Lipinski definition) is 3. The number of hydrogen-bond donors (Lipinski definition) is 1. The first-order chi connectivity index (χ1) is 5.95. The molecule has 0 spiro atoms. The fourth-order valence-corrected chi connectivity index (χ4v) is 2.45. The van der Waals surface area contributed by atoms with Crippen LogP contribution in [0.2, 0.25) is 0 Å². The lowest BCUT2D eigenvalue weighted by molar-refractivity contribution is -0.120. The van der Waals surface area contributed by atoms with Crippen LogP contribution in [0.3, 0.4) is 0 Å². The maximum absolute atomic E-state index is 11.5. The molecule has 13 heavy (non-hydrogen) atoms. The van der Waals surface area contributed by atoms with Crippen LogP contribution in [-0.2, 0) is 14.8 Å². The maximum atomic E-state index is 11.5. The second-order valence-electron chi connectivity index (χ2n) is 4.19. The topological polar surface area (TPSA) is 63.2 Å². The summed E-state index contributed by atoms with van der Waals surface area (Å²) in [5.74, 6) is -0.356. The van der Waals surface area contributed by atoms with Crippen molar-refractivity contribution in [2.45, 2.75) is 37.4 Å². The summed E-state index contributed by atoms with van der Waals surface area (Å²) < 4.78 is 24.5. The number of rotatable bonds is 3. The van der Waals surface area contributed by atoms with Gasteiger partial charge in [-0.25, -0.2) is 8.42 Å². The number of carbonyl (C=O) groups is 1. The van der Waals surface area contributed by atoms with Crippen LogP contribution in [-0.4, -0.2) is 19.1 Å². The maximum Gasteiger partial charge on any atom is 0.240 e. The van der Waals surface area contributed by atoms with Crippen LogP contribution in [0, 0.1) is 5.92 Å². The van der Waals surface area contributed by atoms with Crippen LogP contribution in [0.15, 0.2) is 0 Å². The van der Waals surface area contributed by atoms with Crippen molar-refractivity contribution in [3.8, 4) is 0 Å². The molecule has 0 aromatic heterocycles. The van der Waals surface area contributed by atoms with E-state index in [9.17, 15) is 13.2 Å². The van der Waals surface area contributed by atoms with Crippen LogP contribution in [0.5, 0.6) is 0 Å². The van der Waals surface area contributed by atoms with E-state index in [1.54, 1.807) is 6.92 Å². The van der Waals surface area contributed by atoms with Crippen molar-refractivity contribution in [1.82, 2.24) is 4.72 Å². The molecule has 0 atom stereocenters. The van der Waals surface area contributed by atoms with Crippen LogP contribution in [0.25, 0.3) is 0 Å². The third kappa shape index (κ3) is 1.57. The van der Waals surface area contributed by atoms with E-state index in [-0.39, 0.29) is 11.8 Å². The Labute approximate surface area is 77.8 Å². The van der Waals surface area contributed by atoms with Crippen molar-refractivity contribution in [2.24, 2.45) is 5.92 Å². The number of carbonyl (C=O) groups excluding carboxylic acids is 1. The van der Waals surface area contributed by atoms with E-state index in [2.05, 4.69) is 4.72 Å². The molecule has 2 saturated carbocycles. The van der Waals surface area contributed by atoms with Crippen molar-refractivity contribution >= 4 is 15.9 Å². The predicted molar refractivity (Wildman–Crippen MR) is 47.4 cm³/mol. The largest absolute Gasteiger partial charge is 0.274 e. The highest BCUT2D eigenvalue weighted by atomic mass is 32.2. The van der Waals surface area contributed by atoms with Gasteiger partial charge in [0.2, 0.25) is 15.9 Å². The molecule has 2 aliphatic carbocycles. The van der Waals surface area contributed by atoms with Crippen molar-refractivity contribution in [3.05, 3.63) is 0 Å². The van der Waals surface area contributed by atoms with Gasteiger partial charge in [0.25, 0.3) is 0 Å². The second kappa shape index (κ2) is 2.47. The molecule has 2 rings (SSSR count). The summed E-state index contributed by atoms with van der Waals surface area (Å²) in [6.07, 6.45) is 3.00. The van der Waals surface area contributed by atoms with E-state index in [0.29, 0.717) is 12.8 Å². The van der Waals surface area contributed by atoms with E-state index < -0.39 is 14.8 Å². The van der Waals surface area contributed by atoms with Gasteiger partial charge in [-0.3, -0.25) is 9.52 Å². The quantitative estimate of drug-likeness (QED) is 0.722. The minimum absolute atomic E-state index is 0.0443. The highest BCUT2D eigenvalue weighted by Gasteiger charge is 2.51. The molecule has 2 aliphatic rings. The fraction of sp³-hybridized carbons (Fsp3) is 0.875. The molecule has 5 heteroatoms. The molecule has 4 nitrogen and oxygen atoms in total. The minimum Gasteiger partial charge on any atom is -0.274 e. The summed E-state index contributed by atoms with van der Waals surface area (Å²) >= 11 is 0. The zero-order chi connectivity index (χ0) is 9.69. The molecule has 0 bridgehead atoms. The van der Waals surface area contributed by atoms with Gasteiger partial charge in [0.15, 0.2) is 0 Å². The van der Waals surface area contributed by atoms with E-state index >= 15 is 0 Å². The predicted octanol–water partition coefficient (Wildman–Crippen LogP) is 0.395. The standard InChI is InChI=1S/C8H13NO3S/c1-8(4-5-8)13(11,12)9-7(10)6-2-3-6/h6H,2-5H2,1H3,(H,9,10). The SMILES string of the molecule is CC1(S(=O)(=O)NC(=O)C2CC2)CC1. The third-order valence-corrected chi connectivity index (χ3v) is 4.96. The van der Waals surface area contributed by atoms with Crippen molar-refractivity contribution in [2.75, 3.05) is 0 Å². The van der Waals surface area contributed by atoms with Gasteiger partial charge in [0, 0.05) is 5.92 Å². The first-order valence-corrected chi connectivity index (χ1v) is 5.99. The summed E-state index contributed by atoms with van der Waals surface area (Å²) in [7, 11) is -3.39. The zero-order valence-electron chi connectivity index (χ0n) is 7.54. The Hall–Kier alpha value is -0.580. The summed E-state index contributed by atoms with van der Waals surface area (Å²) in [4.78, 5) is 11.2. The van der Waals surface area contributed by atoms with Crippen LogP contribution < -0.4 is 4.72 Å². The average molecular weight is 203 g/mol. The van der Waals surface area contributed by atoms with Crippen LogP contribution in [0.1, 0.15) is 32.6 Å². The molecule has 74 valence electrons. The first kappa shape index (κ1) is 8.99. The summed E-state index contributed by atoms with van der Waals surface area (Å²) in [5, 5.41) is 0. The van der Waals surface area contributed by atoms with E-state index in [1.807, 2.05) is 0 Å². The van der Waals surface area contributed by atoms with Crippen LogP contribution >= 0.6 is 0 Å². The number of sulfonamides is 1. The average Bonchev–Trinajstić information content (AvgIpc) is 2.77. The van der Waals surface area contributed by atoms with Crippen molar-refractivity contribution < 1.29 is 13.2 Å². The van der Waals surface area contributed by atoms with Gasteiger partial charge in [-0.1, -0.05) is 0 Å². The lowest BCUT2D eigenvalue weighted by Gasteiger charge is -2.11. The summed E-state index contributed by atoms with van der Waals surface area (Å²) in [6.45, 7) is 1.68. The Bertz CT molecular complexity index is 338. The van der Waals surface area contributed by atoms with Gasteiger partial charge in [-0.05, 0) is 32.6 Å². The Morgan fingerprint density at radius 2 is 1.92 bits per heavy atom. The van der Waals surface area contributed by atoms with Gasteiger partial charge in [0.1, 0.15) is 0 Å². The molecule has 2 fully saturated rings. The first-order valence-electron chi connectivity index (χ1n) is 4.51. The van der Waals surface area contributed by atoms with Gasteiger partial charge >= 0.3 is 0 Å². The highest BCUT2D eigenvalue weighted by Crippen LogP contribution is 2.42. The lowest BCUT2D eigenvalue weighted by Crippen LogP contribution is -2.39. The third-order valence-electron chi connectivity index (χ3n) is 2.79.